The number of aliphatic imine (C=N–C) groups is 1. The first-order valence-corrected chi connectivity index (χ1v) is 10.3. The van der Waals surface area contributed by atoms with Crippen LogP contribution in [0.5, 0.6) is 5.75 Å². The van der Waals surface area contributed by atoms with Crippen LogP contribution in [-0.4, -0.2) is 48.6 Å². The molecule has 0 radical (unpaired) electrons. The number of carbonyl (C=O) groups excluding carboxylic acids is 1. The number of hydrogen-bond donors (Lipinski definition) is 1. The summed E-state index contributed by atoms with van der Waals surface area (Å²) in [6, 6.07) is 7.67. The fraction of sp³-hybridized carbons (Fsp3) is 0.409. The van der Waals surface area contributed by atoms with E-state index in [1.54, 1.807) is 26.6 Å². The average Bonchev–Trinajstić information content (AvgIpc) is 2.77. The van der Waals surface area contributed by atoms with Gasteiger partial charge in [0.1, 0.15) is 11.9 Å². The monoisotopic (exact) mass is 428 g/mol. The molecule has 0 spiro atoms. The molecule has 4 atom stereocenters. The second-order valence-electron chi connectivity index (χ2n) is 7.78. The summed E-state index contributed by atoms with van der Waals surface area (Å²) in [7, 11) is 3.33. The van der Waals surface area contributed by atoms with Gasteiger partial charge in [-0.2, -0.15) is 0 Å². The van der Waals surface area contributed by atoms with Crippen LogP contribution in [0.2, 0.25) is 5.02 Å². The topological polar surface area (TPSA) is 90.0 Å². The molecule has 1 aliphatic heterocycles. The summed E-state index contributed by atoms with van der Waals surface area (Å²) in [4.78, 5) is 21.4. The van der Waals surface area contributed by atoms with E-state index in [0.717, 1.165) is 41.7 Å². The smallest absolute Gasteiger partial charge is 0.216 e. The molecule has 1 aliphatic carbocycles. The van der Waals surface area contributed by atoms with Crippen LogP contribution in [-0.2, 0) is 9.53 Å². The lowest BCUT2D eigenvalue weighted by Gasteiger charge is -2.43. The Morgan fingerprint density at radius 2 is 2.17 bits per heavy atom. The normalized spacial score (nSPS) is 25.6. The van der Waals surface area contributed by atoms with Crippen LogP contribution in [0.4, 0.5) is 0 Å². The molecule has 1 aromatic carbocycles. The van der Waals surface area contributed by atoms with Gasteiger partial charge < -0.3 is 15.2 Å². The van der Waals surface area contributed by atoms with Crippen molar-refractivity contribution in [1.82, 2.24) is 9.88 Å². The van der Waals surface area contributed by atoms with Crippen molar-refractivity contribution in [3.8, 4) is 16.9 Å². The van der Waals surface area contributed by atoms with E-state index >= 15 is 0 Å². The number of pyridine rings is 1. The molecule has 4 rings (SSSR count). The zero-order valence-corrected chi connectivity index (χ0v) is 17.7. The van der Waals surface area contributed by atoms with Gasteiger partial charge in [0.05, 0.1) is 17.2 Å². The first kappa shape index (κ1) is 20.6. The van der Waals surface area contributed by atoms with E-state index in [0.29, 0.717) is 11.4 Å². The van der Waals surface area contributed by atoms with E-state index in [1.165, 1.54) is 4.90 Å². The van der Waals surface area contributed by atoms with Crippen LogP contribution in [0.1, 0.15) is 30.9 Å². The molecule has 2 aliphatic rings. The predicted octanol–water partition coefficient (Wildman–Crippen LogP) is 3.42. The summed E-state index contributed by atoms with van der Waals surface area (Å²) < 4.78 is 11.9. The Kier molecular flexibility index (Phi) is 5.92. The Balaban J connectivity index is 1.78. The summed E-state index contributed by atoms with van der Waals surface area (Å²) >= 11 is 6.13. The van der Waals surface area contributed by atoms with Crippen molar-refractivity contribution >= 4 is 24.0 Å². The van der Waals surface area contributed by atoms with E-state index in [2.05, 4.69) is 11.1 Å². The first-order valence-electron chi connectivity index (χ1n) is 9.96. The van der Waals surface area contributed by atoms with E-state index in [9.17, 15) is 4.79 Å². The number of halogens is 1. The lowest BCUT2D eigenvalue weighted by molar-refractivity contribution is -0.114. The molecule has 2 aromatic rings. The summed E-state index contributed by atoms with van der Waals surface area (Å²) in [6.45, 7) is 0. The third-order valence-corrected chi connectivity index (χ3v) is 6.18. The van der Waals surface area contributed by atoms with Crippen LogP contribution in [0.15, 0.2) is 41.7 Å². The zero-order chi connectivity index (χ0) is 21.3. The second kappa shape index (κ2) is 8.62. The summed E-state index contributed by atoms with van der Waals surface area (Å²) in [6.07, 6.45) is 6.83. The number of nitrogens with two attached hydrogens (primary N) is 1. The Morgan fingerprint density at radius 3 is 2.90 bits per heavy atom. The van der Waals surface area contributed by atoms with Gasteiger partial charge in [0, 0.05) is 50.0 Å². The van der Waals surface area contributed by atoms with E-state index in [-0.39, 0.29) is 30.1 Å². The molecule has 1 saturated carbocycles. The van der Waals surface area contributed by atoms with Crippen molar-refractivity contribution < 1.29 is 14.3 Å². The third-order valence-electron chi connectivity index (χ3n) is 5.97. The number of fused-ring (bicyclic) bond motifs is 2. The molecule has 0 bridgehead atoms. The Bertz CT molecular complexity index is 967. The van der Waals surface area contributed by atoms with Gasteiger partial charge in [0.15, 0.2) is 5.96 Å². The second-order valence-corrected chi connectivity index (χ2v) is 8.22. The molecule has 1 amide bonds. The highest BCUT2D eigenvalue weighted by molar-refractivity contribution is 6.30. The number of methoxy groups -OCH3 is 1. The minimum atomic E-state index is -0.217. The Morgan fingerprint density at radius 1 is 1.33 bits per heavy atom. The number of ether oxygens (including phenoxy) is 2. The van der Waals surface area contributed by atoms with Gasteiger partial charge in [-0.05, 0) is 36.6 Å². The van der Waals surface area contributed by atoms with Crippen molar-refractivity contribution in [2.45, 2.75) is 37.5 Å². The molecule has 8 heteroatoms. The number of hydrogen-bond acceptors (Lipinski definition) is 5. The number of guanidine groups is 1. The van der Waals surface area contributed by atoms with Crippen molar-refractivity contribution in [3.63, 3.8) is 0 Å². The molecule has 2 N–H and O–H groups in total. The standard InChI is InChI=1S/C22H25ClN4O3/c1-27(12-28)22(24)26-21-17-5-4-16(29-2)9-20(17)30-19-6-3-13(8-18(19)21)14-7-15(23)11-25-10-14/h3,6-8,10-12,16-17,20-21H,4-5,9H2,1-2H3,(H2,24,26). The molecular weight excluding hydrogens is 404 g/mol. The van der Waals surface area contributed by atoms with Crippen LogP contribution in [0.3, 0.4) is 0 Å². The highest BCUT2D eigenvalue weighted by Gasteiger charge is 2.42. The van der Waals surface area contributed by atoms with Crippen molar-refractivity contribution in [3.05, 3.63) is 47.2 Å². The van der Waals surface area contributed by atoms with Gasteiger partial charge in [0.2, 0.25) is 6.41 Å². The Labute approximate surface area is 180 Å². The van der Waals surface area contributed by atoms with Gasteiger partial charge in [-0.15, -0.1) is 0 Å². The number of rotatable bonds is 4. The van der Waals surface area contributed by atoms with Crippen molar-refractivity contribution in [2.75, 3.05) is 14.2 Å². The van der Waals surface area contributed by atoms with Gasteiger partial charge in [0.25, 0.3) is 0 Å². The minimum Gasteiger partial charge on any atom is -0.490 e. The SMILES string of the molecule is COC1CCC2C(C1)Oc1ccc(-c3cncc(Cl)c3)cc1C2/N=C(/N)N(C)C=O. The first-order chi connectivity index (χ1) is 14.5. The lowest BCUT2D eigenvalue weighted by atomic mass is 9.75. The largest absolute Gasteiger partial charge is 0.490 e. The predicted molar refractivity (Wildman–Crippen MR) is 115 cm³/mol. The molecular formula is C22H25ClN4O3. The number of aromatic nitrogens is 1. The summed E-state index contributed by atoms with van der Waals surface area (Å²) in [5, 5.41) is 0.575. The highest BCUT2D eigenvalue weighted by Crippen LogP contribution is 2.48. The molecule has 2 heterocycles. The van der Waals surface area contributed by atoms with Crippen LogP contribution in [0, 0.1) is 5.92 Å². The number of nitrogens with zero attached hydrogens (tertiary/aromatic N) is 3. The van der Waals surface area contributed by atoms with Gasteiger partial charge >= 0.3 is 0 Å². The Hall–Kier alpha value is -2.64. The summed E-state index contributed by atoms with van der Waals surface area (Å²) in [5.41, 5.74) is 8.95. The number of amides is 1. The van der Waals surface area contributed by atoms with Crippen LogP contribution < -0.4 is 10.5 Å². The van der Waals surface area contributed by atoms with E-state index in [1.807, 2.05) is 18.2 Å². The quantitative estimate of drug-likeness (QED) is 0.457. The molecule has 1 fully saturated rings. The molecule has 30 heavy (non-hydrogen) atoms. The highest BCUT2D eigenvalue weighted by atomic mass is 35.5. The number of carbonyl (C=O) groups is 1. The van der Waals surface area contributed by atoms with Gasteiger partial charge in [-0.1, -0.05) is 17.7 Å². The van der Waals surface area contributed by atoms with Gasteiger partial charge in [-0.3, -0.25) is 14.7 Å². The molecule has 1 aromatic heterocycles. The van der Waals surface area contributed by atoms with Crippen LogP contribution in [0.25, 0.3) is 11.1 Å². The minimum absolute atomic E-state index is 0.0158. The summed E-state index contributed by atoms with van der Waals surface area (Å²) in [5.74, 6) is 1.11. The van der Waals surface area contributed by atoms with Crippen molar-refractivity contribution in [2.24, 2.45) is 16.6 Å². The number of benzene rings is 1. The maximum Gasteiger partial charge on any atom is 0.216 e. The zero-order valence-electron chi connectivity index (χ0n) is 17.0. The molecule has 158 valence electrons. The maximum absolute atomic E-state index is 11.2. The van der Waals surface area contributed by atoms with Crippen molar-refractivity contribution in [1.29, 1.82) is 0 Å². The van der Waals surface area contributed by atoms with E-state index in [4.69, 9.17) is 31.8 Å². The molecule has 0 saturated heterocycles. The lowest BCUT2D eigenvalue weighted by Crippen LogP contribution is -2.43. The maximum atomic E-state index is 11.2. The fourth-order valence-corrected chi connectivity index (χ4v) is 4.48. The average molecular weight is 429 g/mol. The third kappa shape index (κ3) is 4.00. The van der Waals surface area contributed by atoms with Gasteiger partial charge in [-0.25, -0.2) is 4.99 Å². The fourth-order valence-electron chi connectivity index (χ4n) is 4.31. The van der Waals surface area contributed by atoms with Crippen LogP contribution >= 0.6 is 11.6 Å². The molecule has 7 nitrogen and oxygen atoms in total. The molecule has 4 unspecified atom stereocenters. The van der Waals surface area contributed by atoms with E-state index < -0.39 is 0 Å².